The molecule has 172 valence electrons. The summed E-state index contributed by atoms with van der Waals surface area (Å²) >= 11 is 5.13. The molecule has 8 heteroatoms. The highest BCUT2D eigenvalue weighted by Gasteiger charge is 2.28. The molecule has 2 aliphatic heterocycles. The van der Waals surface area contributed by atoms with Crippen LogP contribution in [0.4, 0.5) is 11.6 Å². The molecule has 4 heterocycles. The standard InChI is InChI=1S/C25H28BrN5OS/c26-23-9-8-22(33-23)21-10-13-27-25(29-21)28-19-6-4-18(5-7-19)24(32)31-16-11-20(12-17-31)30-14-2-1-3-15-30/h4-10,13,20H,1-3,11-12,14-17H2,(H,27,28,29). The summed E-state index contributed by atoms with van der Waals surface area (Å²) in [5.41, 5.74) is 2.47. The molecule has 5 rings (SSSR count). The summed E-state index contributed by atoms with van der Waals surface area (Å²) in [6.45, 7) is 4.15. The molecule has 0 atom stereocenters. The number of piperidine rings is 2. The molecule has 0 saturated carbocycles. The maximum atomic E-state index is 13.0. The number of carbonyl (C=O) groups is 1. The molecule has 1 aromatic carbocycles. The van der Waals surface area contributed by atoms with Gasteiger partial charge in [-0.05, 0) is 97.2 Å². The van der Waals surface area contributed by atoms with Gasteiger partial charge in [0.1, 0.15) is 0 Å². The van der Waals surface area contributed by atoms with E-state index in [1.807, 2.05) is 47.4 Å². The Hall–Kier alpha value is -2.29. The van der Waals surface area contributed by atoms with Gasteiger partial charge in [-0.3, -0.25) is 4.79 Å². The fraction of sp³-hybridized carbons (Fsp3) is 0.400. The van der Waals surface area contributed by atoms with Crippen molar-refractivity contribution in [2.24, 2.45) is 0 Å². The molecule has 2 fully saturated rings. The van der Waals surface area contributed by atoms with Crippen molar-refractivity contribution < 1.29 is 4.79 Å². The van der Waals surface area contributed by atoms with E-state index in [0.717, 1.165) is 51.5 Å². The van der Waals surface area contributed by atoms with E-state index in [-0.39, 0.29) is 5.91 Å². The quantitative estimate of drug-likeness (QED) is 0.455. The molecule has 3 aromatic rings. The van der Waals surface area contributed by atoms with Crippen LogP contribution in [0.25, 0.3) is 10.6 Å². The summed E-state index contributed by atoms with van der Waals surface area (Å²) in [4.78, 5) is 27.7. The summed E-state index contributed by atoms with van der Waals surface area (Å²) in [5, 5.41) is 3.25. The predicted octanol–water partition coefficient (Wildman–Crippen LogP) is 5.80. The first-order chi connectivity index (χ1) is 16.2. The highest BCUT2D eigenvalue weighted by molar-refractivity contribution is 9.11. The molecule has 2 aromatic heterocycles. The van der Waals surface area contributed by atoms with E-state index in [1.165, 1.54) is 32.4 Å². The smallest absolute Gasteiger partial charge is 0.253 e. The van der Waals surface area contributed by atoms with Crippen LogP contribution >= 0.6 is 27.3 Å². The second kappa shape index (κ2) is 10.3. The van der Waals surface area contributed by atoms with Gasteiger partial charge in [-0.15, -0.1) is 11.3 Å². The van der Waals surface area contributed by atoms with Crippen molar-refractivity contribution in [1.82, 2.24) is 19.8 Å². The van der Waals surface area contributed by atoms with E-state index in [1.54, 1.807) is 17.5 Å². The molecule has 0 unspecified atom stereocenters. The van der Waals surface area contributed by atoms with Gasteiger partial charge in [0.2, 0.25) is 5.95 Å². The monoisotopic (exact) mass is 525 g/mol. The lowest BCUT2D eigenvalue weighted by Gasteiger charge is -2.40. The van der Waals surface area contributed by atoms with E-state index >= 15 is 0 Å². The number of anilines is 2. The fourth-order valence-corrected chi connectivity index (χ4v) is 6.09. The third kappa shape index (κ3) is 5.45. The first kappa shape index (κ1) is 22.5. The summed E-state index contributed by atoms with van der Waals surface area (Å²) in [5.74, 6) is 0.663. The zero-order chi connectivity index (χ0) is 22.6. The molecular weight excluding hydrogens is 498 g/mol. The number of likely N-dealkylation sites (tertiary alicyclic amines) is 2. The van der Waals surface area contributed by atoms with Crippen molar-refractivity contribution in [2.75, 3.05) is 31.5 Å². The first-order valence-corrected chi connectivity index (χ1v) is 13.3. The number of nitrogens with one attached hydrogen (secondary N) is 1. The summed E-state index contributed by atoms with van der Waals surface area (Å²) in [7, 11) is 0. The van der Waals surface area contributed by atoms with Crippen LogP contribution in [-0.4, -0.2) is 57.9 Å². The minimum absolute atomic E-state index is 0.125. The van der Waals surface area contributed by atoms with Crippen molar-refractivity contribution in [2.45, 2.75) is 38.1 Å². The van der Waals surface area contributed by atoms with Gasteiger partial charge in [0.25, 0.3) is 5.91 Å². The number of rotatable bonds is 5. The van der Waals surface area contributed by atoms with Crippen LogP contribution in [0.5, 0.6) is 0 Å². The summed E-state index contributed by atoms with van der Waals surface area (Å²) in [6.07, 6.45) is 7.92. The summed E-state index contributed by atoms with van der Waals surface area (Å²) < 4.78 is 1.07. The predicted molar refractivity (Wildman–Crippen MR) is 137 cm³/mol. The van der Waals surface area contributed by atoms with Crippen LogP contribution in [0.3, 0.4) is 0 Å². The minimum atomic E-state index is 0.125. The lowest BCUT2D eigenvalue weighted by atomic mass is 9.99. The van der Waals surface area contributed by atoms with E-state index in [9.17, 15) is 4.79 Å². The lowest BCUT2D eigenvalue weighted by molar-refractivity contribution is 0.0590. The zero-order valence-electron chi connectivity index (χ0n) is 18.5. The Morgan fingerprint density at radius 1 is 0.970 bits per heavy atom. The number of hydrogen-bond acceptors (Lipinski definition) is 6. The number of carbonyl (C=O) groups excluding carboxylic acids is 1. The van der Waals surface area contributed by atoms with Crippen LogP contribution < -0.4 is 5.32 Å². The highest BCUT2D eigenvalue weighted by Crippen LogP contribution is 2.30. The van der Waals surface area contributed by atoms with Gasteiger partial charge in [0, 0.05) is 36.6 Å². The molecule has 33 heavy (non-hydrogen) atoms. The molecule has 0 aliphatic carbocycles. The van der Waals surface area contributed by atoms with E-state index in [0.29, 0.717) is 12.0 Å². The van der Waals surface area contributed by atoms with Crippen molar-refractivity contribution in [3.63, 3.8) is 0 Å². The normalized spacial score (nSPS) is 17.8. The number of benzene rings is 1. The molecule has 2 saturated heterocycles. The molecule has 0 bridgehead atoms. The largest absolute Gasteiger partial charge is 0.339 e. The minimum Gasteiger partial charge on any atom is -0.339 e. The zero-order valence-corrected chi connectivity index (χ0v) is 20.9. The third-order valence-electron chi connectivity index (χ3n) is 6.53. The van der Waals surface area contributed by atoms with E-state index < -0.39 is 0 Å². The second-order valence-corrected chi connectivity index (χ2v) is 11.2. The topological polar surface area (TPSA) is 61.4 Å². The van der Waals surface area contributed by atoms with Crippen molar-refractivity contribution >= 4 is 44.8 Å². The Kier molecular flexibility index (Phi) is 7.04. The van der Waals surface area contributed by atoms with Crippen molar-refractivity contribution in [3.8, 4) is 10.6 Å². The van der Waals surface area contributed by atoms with Gasteiger partial charge in [0.05, 0.1) is 14.4 Å². The van der Waals surface area contributed by atoms with Crippen LogP contribution in [0.15, 0.2) is 52.4 Å². The average molecular weight is 527 g/mol. The molecule has 1 amide bonds. The summed E-state index contributed by atoms with van der Waals surface area (Å²) in [6, 6.07) is 14.2. The average Bonchev–Trinajstić information content (AvgIpc) is 3.31. The SMILES string of the molecule is O=C(c1ccc(Nc2nccc(-c3ccc(Br)s3)n2)cc1)N1CCC(N2CCCCC2)CC1. The van der Waals surface area contributed by atoms with Gasteiger partial charge in [-0.25, -0.2) is 9.97 Å². The Morgan fingerprint density at radius 2 is 1.73 bits per heavy atom. The Balaban J connectivity index is 1.18. The van der Waals surface area contributed by atoms with Gasteiger partial charge in [-0.1, -0.05) is 6.42 Å². The highest BCUT2D eigenvalue weighted by atomic mass is 79.9. The van der Waals surface area contributed by atoms with Gasteiger partial charge >= 0.3 is 0 Å². The van der Waals surface area contributed by atoms with Crippen LogP contribution in [0.2, 0.25) is 0 Å². The molecule has 0 radical (unpaired) electrons. The molecule has 0 spiro atoms. The Labute approximate surface area is 207 Å². The van der Waals surface area contributed by atoms with E-state index in [4.69, 9.17) is 0 Å². The maximum Gasteiger partial charge on any atom is 0.253 e. The Morgan fingerprint density at radius 3 is 2.42 bits per heavy atom. The van der Waals surface area contributed by atoms with Crippen molar-refractivity contribution in [3.05, 3.63) is 58.0 Å². The number of nitrogens with zero attached hydrogens (tertiary/aromatic N) is 4. The van der Waals surface area contributed by atoms with Crippen LogP contribution in [0, 0.1) is 0 Å². The maximum absolute atomic E-state index is 13.0. The fourth-order valence-electron chi connectivity index (χ4n) is 4.73. The number of halogens is 1. The van der Waals surface area contributed by atoms with Crippen molar-refractivity contribution in [1.29, 1.82) is 0 Å². The Bertz CT molecular complexity index is 1090. The van der Waals surface area contributed by atoms with Crippen LogP contribution in [-0.2, 0) is 0 Å². The van der Waals surface area contributed by atoms with Gasteiger partial charge < -0.3 is 15.1 Å². The third-order valence-corrected chi connectivity index (χ3v) is 8.17. The molecular formula is C25H28BrN5OS. The molecule has 2 aliphatic rings. The molecule has 1 N–H and O–H groups in total. The number of hydrogen-bond donors (Lipinski definition) is 1. The number of amides is 1. The van der Waals surface area contributed by atoms with Gasteiger partial charge in [0.15, 0.2) is 0 Å². The van der Waals surface area contributed by atoms with Crippen LogP contribution in [0.1, 0.15) is 42.5 Å². The first-order valence-electron chi connectivity index (χ1n) is 11.6. The number of aromatic nitrogens is 2. The second-order valence-electron chi connectivity index (χ2n) is 8.69. The van der Waals surface area contributed by atoms with E-state index in [2.05, 4.69) is 36.1 Å². The van der Waals surface area contributed by atoms with Gasteiger partial charge in [-0.2, -0.15) is 0 Å². The molecule has 6 nitrogen and oxygen atoms in total. The lowest BCUT2D eigenvalue weighted by Crippen LogP contribution is -2.48. The number of thiophene rings is 1.